The summed E-state index contributed by atoms with van der Waals surface area (Å²) >= 11 is 0. The maximum atomic E-state index is 9.01. The Morgan fingerprint density at radius 3 is 2.53 bits per heavy atom. The Labute approximate surface area is 103 Å². The fraction of sp³-hybridized carbons (Fsp3) is 0.400. The highest BCUT2D eigenvalue weighted by atomic mass is 16.3. The molecule has 0 atom stereocenters. The summed E-state index contributed by atoms with van der Waals surface area (Å²) in [4.78, 5) is 4.72. The smallest absolute Gasteiger partial charge is 0.0681 e. The molecule has 0 unspecified atom stereocenters. The number of hydrogen-bond donors (Lipinski definition) is 1. The van der Waals surface area contributed by atoms with Gasteiger partial charge in [-0.25, -0.2) is 0 Å². The van der Waals surface area contributed by atoms with E-state index in [4.69, 9.17) is 10.1 Å². The molecule has 0 spiro atoms. The summed E-state index contributed by atoms with van der Waals surface area (Å²) in [5.41, 5.74) is 5.94. The van der Waals surface area contributed by atoms with E-state index in [1.165, 1.54) is 16.8 Å². The summed E-state index contributed by atoms with van der Waals surface area (Å²) in [6.07, 6.45) is 3.19. The van der Waals surface area contributed by atoms with Crippen LogP contribution in [0.2, 0.25) is 0 Å². The molecule has 2 heteroatoms. The molecule has 1 aliphatic rings. The standard InChI is InChI=1S/C15H19NO/c1-3-4-14-11(2)9-15(16-14)13-7-5-12(10-17)6-8-13/h5-8,17H,3-4,9-10H2,1-2H3. The first-order valence-corrected chi connectivity index (χ1v) is 6.21. The molecule has 0 bridgehead atoms. The average molecular weight is 229 g/mol. The fourth-order valence-electron chi connectivity index (χ4n) is 2.13. The lowest BCUT2D eigenvalue weighted by molar-refractivity contribution is 0.282. The van der Waals surface area contributed by atoms with Gasteiger partial charge in [0.2, 0.25) is 0 Å². The number of nitrogens with zero attached hydrogens (tertiary/aromatic N) is 1. The number of aliphatic hydroxyl groups is 1. The normalized spacial score (nSPS) is 15.4. The minimum atomic E-state index is 0.102. The van der Waals surface area contributed by atoms with E-state index in [1.54, 1.807) is 0 Å². The van der Waals surface area contributed by atoms with Crippen molar-refractivity contribution in [1.82, 2.24) is 0 Å². The third-order valence-corrected chi connectivity index (χ3v) is 3.15. The van der Waals surface area contributed by atoms with Crippen LogP contribution in [0.3, 0.4) is 0 Å². The van der Waals surface area contributed by atoms with Crippen LogP contribution in [0.25, 0.3) is 0 Å². The van der Waals surface area contributed by atoms with Crippen molar-refractivity contribution in [1.29, 1.82) is 0 Å². The molecule has 0 aromatic heterocycles. The van der Waals surface area contributed by atoms with Gasteiger partial charge in [0.1, 0.15) is 0 Å². The summed E-state index contributed by atoms with van der Waals surface area (Å²) < 4.78 is 0. The van der Waals surface area contributed by atoms with Gasteiger partial charge in [0.25, 0.3) is 0 Å². The maximum absolute atomic E-state index is 9.01. The minimum absolute atomic E-state index is 0.102. The van der Waals surface area contributed by atoms with Crippen molar-refractivity contribution in [3.8, 4) is 0 Å². The Bertz CT molecular complexity index is 454. The van der Waals surface area contributed by atoms with Crippen LogP contribution in [0.5, 0.6) is 0 Å². The summed E-state index contributed by atoms with van der Waals surface area (Å²) in [5, 5.41) is 9.01. The Morgan fingerprint density at radius 1 is 1.24 bits per heavy atom. The van der Waals surface area contributed by atoms with Crippen LogP contribution in [0, 0.1) is 0 Å². The van der Waals surface area contributed by atoms with Gasteiger partial charge in [-0.05, 0) is 30.0 Å². The molecule has 1 aliphatic heterocycles. The SMILES string of the molecule is CCCC1=C(C)CC(c2ccc(CO)cc2)=N1. The summed E-state index contributed by atoms with van der Waals surface area (Å²) in [6.45, 7) is 4.46. The molecular formula is C15H19NO. The molecule has 2 rings (SSSR count). The zero-order chi connectivity index (χ0) is 12.3. The van der Waals surface area contributed by atoms with Crippen molar-refractivity contribution in [2.24, 2.45) is 4.99 Å². The van der Waals surface area contributed by atoms with Gasteiger partial charge in [-0.15, -0.1) is 0 Å². The van der Waals surface area contributed by atoms with Crippen molar-refractivity contribution in [3.05, 3.63) is 46.7 Å². The number of allylic oxidation sites excluding steroid dienone is 2. The van der Waals surface area contributed by atoms with Crippen LogP contribution < -0.4 is 0 Å². The average Bonchev–Trinajstić information content (AvgIpc) is 2.72. The molecule has 1 heterocycles. The quantitative estimate of drug-likeness (QED) is 0.842. The van der Waals surface area contributed by atoms with E-state index in [0.717, 1.165) is 30.5 Å². The van der Waals surface area contributed by atoms with Crippen LogP contribution in [-0.2, 0) is 6.61 Å². The minimum Gasteiger partial charge on any atom is -0.392 e. The molecule has 0 saturated heterocycles. The molecule has 2 nitrogen and oxygen atoms in total. The first-order valence-electron chi connectivity index (χ1n) is 6.21. The highest BCUT2D eigenvalue weighted by molar-refractivity contribution is 6.04. The molecule has 90 valence electrons. The van der Waals surface area contributed by atoms with Gasteiger partial charge < -0.3 is 5.11 Å². The van der Waals surface area contributed by atoms with Crippen molar-refractivity contribution in [3.63, 3.8) is 0 Å². The number of hydrogen-bond acceptors (Lipinski definition) is 2. The van der Waals surface area contributed by atoms with Gasteiger partial charge >= 0.3 is 0 Å². The molecule has 0 fully saturated rings. The second-order valence-electron chi connectivity index (χ2n) is 4.57. The third-order valence-electron chi connectivity index (χ3n) is 3.15. The number of aliphatic hydroxyl groups excluding tert-OH is 1. The van der Waals surface area contributed by atoms with E-state index in [9.17, 15) is 0 Å². The zero-order valence-corrected chi connectivity index (χ0v) is 10.5. The Kier molecular flexibility index (Phi) is 3.75. The summed E-state index contributed by atoms with van der Waals surface area (Å²) in [6, 6.07) is 8.02. The molecule has 0 radical (unpaired) electrons. The predicted molar refractivity (Wildman–Crippen MR) is 71.1 cm³/mol. The number of aliphatic imine (C=N–C) groups is 1. The van der Waals surface area contributed by atoms with Crippen LogP contribution in [0.4, 0.5) is 0 Å². The highest BCUT2D eigenvalue weighted by Gasteiger charge is 2.15. The molecule has 1 N–H and O–H groups in total. The van der Waals surface area contributed by atoms with Gasteiger partial charge in [-0.1, -0.05) is 37.6 Å². The molecule has 1 aromatic rings. The number of benzene rings is 1. The lowest BCUT2D eigenvalue weighted by Gasteiger charge is -2.02. The Hall–Kier alpha value is -1.41. The van der Waals surface area contributed by atoms with Gasteiger partial charge in [-0.2, -0.15) is 0 Å². The van der Waals surface area contributed by atoms with Crippen molar-refractivity contribution >= 4 is 5.71 Å². The molecule has 0 amide bonds. The summed E-state index contributed by atoms with van der Waals surface area (Å²) in [5.74, 6) is 0. The van der Waals surface area contributed by atoms with Crippen molar-refractivity contribution in [2.75, 3.05) is 0 Å². The van der Waals surface area contributed by atoms with Gasteiger partial charge in [0.15, 0.2) is 0 Å². The Balaban J connectivity index is 2.17. The lowest BCUT2D eigenvalue weighted by atomic mass is 10.0. The lowest BCUT2D eigenvalue weighted by Crippen LogP contribution is -1.97. The zero-order valence-electron chi connectivity index (χ0n) is 10.5. The second-order valence-corrected chi connectivity index (χ2v) is 4.57. The van der Waals surface area contributed by atoms with Crippen LogP contribution in [0.1, 0.15) is 44.2 Å². The first kappa shape index (κ1) is 12.1. The maximum Gasteiger partial charge on any atom is 0.0681 e. The predicted octanol–water partition coefficient (Wildman–Crippen LogP) is 3.45. The van der Waals surface area contributed by atoms with Gasteiger partial charge in [-0.3, -0.25) is 4.99 Å². The number of rotatable bonds is 4. The van der Waals surface area contributed by atoms with Crippen LogP contribution >= 0.6 is 0 Å². The summed E-state index contributed by atoms with van der Waals surface area (Å²) in [7, 11) is 0. The van der Waals surface area contributed by atoms with Crippen LogP contribution in [0.15, 0.2) is 40.5 Å². The monoisotopic (exact) mass is 229 g/mol. The Morgan fingerprint density at radius 2 is 1.94 bits per heavy atom. The third kappa shape index (κ3) is 2.64. The topological polar surface area (TPSA) is 32.6 Å². The van der Waals surface area contributed by atoms with Crippen LogP contribution in [-0.4, -0.2) is 10.8 Å². The van der Waals surface area contributed by atoms with Gasteiger partial charge in [0.05, 0.1) is 12.3 Å². The molecule has 1 aromatic carbocycles. The van der Waals surface area contributed by atoms with E-state index in [1.807, 2.05) is 24.3 Å². The molecule has 0 saturated carbocycles. The van der Waals surface area contributed by atoms with E-state index < -0.39 is 0 Å². The molecule has 17 heavy (non-hydrogen) atoms. The van der Waals surface area contributed by atoms with E-state index in [-0.39, 0.29) is 6.61 Å². The van der Waals surface area contributed by atoms with Crippen molar-refractivity contribution in [2.45, 2.75) is 39.7 Å². The van der Waals surface area contributed by atoms with Crippen molar-refractivity contribution < 1.29 is 5.11 Å². The first-order chi connectivity index (χ1) is 8.24. The van der Waals surface area contributed by atoms with Gasteiger partial charge in [0, 0.05) is 12.1 Å². The van der Waals surface area contributed by atoms with E-state index in [2.05, 4.69) is 13.8 Å². The molecular weight excluding hydrogens is 210 g/mol. The van der Waals surface area contributed by atoms with E-state index in [0.29, 0.717) is 0 Å². The fourth-order valence-corrected chi connectivity index (χ4v) is 2.13. The second kappa shape index (κ2) is 5.28. The molecule has 0 aliphatic carbocycles. The van der Waals surface area contributed by atoms with E-state index >= 15 is 0 Å². The largest absolute Gasteiger partial charge is 0.392 e. The highest BCUT2D eigenvalue weighted by Crippen LogP contribution is 2.26.